The molecule has 0 aliphatic carbocycles. The average molecular weight is 254 g/mol. The molecule has 0 spiro atoms. The summed E-state index contributed by atoms with van der Waals surface area (Å²) in [5, 5.41) is 23.7. The van der Waals surface area contributed by atoms with Gasteiger partial charge < -0.3 is 11.1 Å². The van der Waals surface area contributed by atoms with Gasteiger partial charge in [-0.25, -0.2) is 0 Å². The fourth-order valence-corrected chi connectivity index (χ4v) is 1.32. The van der Waals surface area contributed by atoms with Gasteiger partial charge in [0.15, 0.2) is 0 Å². The van der Waals surface area contributed by atoms with Crippen molar-refractivity contribution in [2.24, 2.45) is 0 Å². The summed E-state index contributed by atoms with van der Waals surface area (Å²) < 4.78 is 0. The van der Waals surface area contributed by atoms with E-state index in [2.05, 4.69) is 5.32 Å². The number of nitro benzene ring substituents is 2. The van der Waals surface area contributed by atoms with Gasteiger partial charge in [-0.15, -0.1) is 0 Å². The lowest BCUT2D eigenvalue weighted by Gasteiger charge is -2.06. The first-order valence-corrected chi connectivity index (χ1v) is 4.89. The molecule has 1 aromatic carbocycles. The van der Waals surface area contributed by atoms with Crippen molar-refractivity contribution in [3.63, 3.8) is 0 Å². The number of nitrogens with two attached hydrogens (primary N) is 1. The van der Waals surface area contributed by atoms with Gasteiger partial charge >= 0.3 is 0 Å². The molecular formula is C9H10N4O5. The molecule has 0 atom stereocenters. The summed E-state index contributed by atoms with van der Waals surface area (Å²) in [6.45, 7) is 1.91. The van der Waals surface area contributed by atoms with Gasteiger partial charge in [0.25, 0.3) is 17.3 Å². The summed E-state index contributed by atoms with van der Waals surface area (Å²) in [7, 11) is 0. The van der Waals surface area contributed by atoms with Crippen LogP contribution < -0.4 is 11.1 Å². The Bertz CT molecular complexity index is 528. The van der Waals surface area contributed by atoms with Crippen LogP contribution in [0.15, 0.2) is 12.1 Å². The van der Waals surface area contributed by atoms with Gasteiger partial charge in [0.05, 0.1) is 21.5 Å². The first-order valence-electron chi connectivity index (χ1n) is 4.89. The number of nitrogen functional groups attached to an aromatic ring is 1. The Morgan fingerprint density at radius 1 is 1.33 bits per heavy atom. The van der Waals surface area contributed by atoms with Crippen LogP contribution in [-0.2, 0) is 0 Å². The van der Waals surface area contributed by atoms with E-state index in [0.29, 0.717) is 0 Å². The Morgan fingerprint density at radius 3 is 2.39 bits per heavy atom. The molecule has 0 fully saturated rings. The minimum Gasteiger partial charge on any atom is -0.392 e. The predicted molar refractivity (Wildman–Crippen MR) is 62.2 cm³/mol. The van der Waals surface area contributed by atoms with Crippen molar-refractivity contribution in [3.05, 3.63) is 37.9 Å². The number of non-ortho nitro benzene ring substituents is 1. The minimum atomic E-state index is -0.870. The highest BCUT2D eigenvalue weighted by Gasteiger charge is 2.25. The number of amides is 1. The third-order valence-corrected chi connectivity index (χ3v) is 2.13. The fourth-order valence-electron chi connectivity index (χ4n) is 1.32. The molecule has 0 aliphatic rings. The molecule has 9 heteroatoms. The van der Waals surface area contributed by atoms with E-state index in [1.807, 2.05) is 0 Å². The van der Waals surface area contributed by atoms with Crippen LogP contribution in [0.5, 0.6) is 0 Å². The maximum Gasteiger partial charge on any atom is 0.299 e. The molecule has 0 aliphatic heterocycles. The number of rotatable bonds is 4. The van der Waals surface area contributed by atoms with Crippen molar-refractivity contribution in [2.45, 2.75) is 6.92 Å². The van der Waals surface area contributed by atoms with Crippen LogP contribution in [0.4, 0.5) is 17.1 Å². The number of nitrogens with zero attached hydrogens (tertiary/aromatic N) is 2. The zero-order valence-corrected chi connectivity index (χ0v) is 9.37. The fraction of sp³-hybridized carbons (Fsp3) is 0.222. The highest BCUT2D eigenvalue weighted by Crippen LogP contribution is 2.30. The molecule has 0 unspecified atom stereocenters. The van der Waals surface area contributed by atoms with E-state index in [-0.39, 0.29) is 12.1 Å². The molecule has 3 N–H and O–H groups in total. The van der Waals surface area contributed by atoms with Crippen molar-refractivity contribution in [1.82, 2.24) is 5.32 Å². The highest BCUT2D eigenvalue weighted by atomic mass is 16.6. The summed E-state index contributed by atoms with van der Waals surface area (Å²) in [5.41, 5.74) is 3.57. The molecule has 0 bridgehead atoms. The first kappa shape index (κ1) is 13.4. The normalized spacial score (nSPS) is 9.83. The molecule has 0 saturated heterocycles. The summed E-state index contributed by atoms with van der Waals surface area (Å²) >= 11 is 0. The molecule has 1 aromatic rings. The Labute approximate surface area is 101 Å². The van der Waals surface area contributed by atoms with Crippen molar-refractivity contribution in [2.75, 3.05) is 12.3 Å². The van der Waals surface area contributed by atoms with Crippen LogP contribution in [0.1, 0.15) is 17.3 Å². The van der Waals surface area contributed by atoms with Gasteiger partial charge in [0, 0.05) is 12.6 Å². The monoisotopic (exact) mass is 254 g/mol. The van der Waals surface area contributed by atoms with Crippen LogP contribution in [0.3, 0.4) is 0 Å². The standard InChI is InChI=1S/C9H10N4O5/c1-2-11-9(14)6-3-5(12(15)16)4-7(8(6)10)13(17)18/h3-4H,2,10H2,1H3,(H,11,14). The predicted octanol–water partition coefficient (Wildman–Crippen LogP) is 0.835. The zero-order chi connectivity index (χ0) is 13.9. The quantitative estimate of drug-likeness (QED) is 0.463. The smallest absolute Gasteiger partial charge is 0.299 e. The number of benzene rings is 1. The third kappa shape index (κ3) is 2.51. The minimum absolute atomic E-state index is 0.273. The van der Waals surface area contributed by atoms with Crippen molar-refractivity contribution < 1.29 is 14.6 Å². The lowest BCUT2D eigenvalue weighted by Crippen LogP contribution is -2.24. The van der Waals surface area contributed by atoms with E-state index in [1.165, 1.54) is 0 Å². The number of nitro groups is 2. The van der Waals surface area contributed by atoms with Crippen molar-refractivity contribution in [3.8, 4) is 0 Å². The molecule has 0 saturated carbocycles. The zero-order valence-electron chi connectivity index (χ0n) is 9.37. The number of hydrogen-bond donors (Lipinski definition) is 2. The van der Waals surface area contributed by atoms with E-state index >= 15 is 0 Å². The van der Waals surface area contributed by atoms with Crippen LogP contribution in [0, 0.1) is 20.2 Å². The maximum atomic E-state index is 11.6. The molecule has 0 aromatic heterocycles. The number of hydrogen-bond acceptors (Lipinski definition) is 6. The van der Waals surface area contributed by atoms with Crippen LogP contribution in [0.25, 0.3) is 0 Å². The molecule has 9 nitrogen and oxygen atoms in total. The molecule has 1 rings (SSSR count). The molecular weight excluding hydrogens is 244 g/mol. The van der Waals surface area contributed by atoms with Crippen LogP contribution in [-0.4, -0.2) is 22.3 Å². The van der Waals surface area contributed by atoms with Gasteiger partial charge in [0.1, 0.15) is 5.69 Å². The summed E-state index contributed by atoms with van der Waals surface area (Å²) in [5.74, 6) is -0.693. The van der Waals surface area contributed by atoms with Crippen LogP contribution in [0.2, 0.25) is 0 Å². The number of anilines is 1. The highest BCUT2D eigenvalue weighted by molar-refractivity contribution is 6.01. The third-order valence-electron chi connectivity index (χ3n) is 2.13. The first-order chi connectivity index (χ1) is 8.38. The number of carbonyl (C=O) groups is 1. The second-order valence-electron chi connectivity index (χ2n) is 3.30. The molecule has 1 amide bonds. The average Bonchev–Trinajstić information content (AvgIpc) is 2.28. The van der Waals surface area contributed by atoms with Gasteiger partial charge in [-0.2, -0.15) is 0 Å². The van der Waals surface area contributed by atoms with E-state index < -0.39 is 32.8 Å². The second-order valence-corrected chi connectivity index (χ2v) is 3.30. The van der Waals surface area contributed by atoms with Crippen molar-refractivity contribution in [1.29, 1.82) is 0 Å². The largest absolute Gasteiger partial charge is 0.392 e. The van der Waals surface area contributed by atoms with Crippen LogP contribution >= 0.6 is 0 Å². The second kappa shape index (κ2) is 5.08. The summed E-state index contributed by atoms with van der Waals surface area (Å²) in [6, 6.07) is 1.63. The molecule has 96 valence electrons. The van der Waals surface area contributed by atoms with Gasteiger partial charge in [-0.05, 0) is 6.92 Å². The van der Waals surface area contributed by atoms with E-state index in [4.69, 9.17) is 5.73 Å². The molecule has 0 heterocycles. The van der Waals surface area contributed by atoms with Gasteiger partial charge in [-0.3, -0.25) is 25.0 Å². The van der Waals surface area contributed by atoms with E-state index in [9.17, 15) is 25.0 Å². The topological polar surface area (TPSA) is 141 Å². The lowest BCUT2D eigenvalue weighted by molar-refractivity contribution is -0.393. The van der Waals surface area contributed by atoms with Crippen molar-refractivity contribution >= 4 is 23.0 Å². The summed E-state index contributed by atoms with van der Waals surface area (Å²) in [4.78, 5) is 31.2. The van der Waals surface area contributed by atoms with Gasteiger partial charge in [0.2, 0.25) is 0 Å². The van der Waals surface area contributed by atoms with E-state index in [0.717, 1.165) is 12.1 Å². The SMILES string of the molecule is CCNC(=O)c1cc([N+](=O)[O-])cc([N+](=O)[O-])c1N. The lowest BCUT2D eigenvalue weighted by atomic mass is 10.1. The Morgan fingerprint density at radius 2 is 1.94 bits per heavy atom. The van der Waals surface area contributed by atoms with Gasteiger partial charge in [-0.1, -0.05) is 0 Å². The Hall–Kier alpha value is -2.71. The molecule has 0 radical (unpaired) electrons. The Kier molecular flexibility index (Phi) is 3.77. The molecule has 18 heavy (non-hydrogen) atoms. The maximum absolute atomic E-state index is 11.6. The number of carbonyl (C=O) groups excluding carboxylic acids is 1. The Balaban J connectivity index is 3.45. The summed E-state index contributed by atoms with van der Waals surface area (Å²) in [6.07, 6.45) is 0. The van der Waals surface area contributed by atoms with E-state index in [1.54, 1.807) is 6.92 Å². The number of nitrogens with one attached hydrogen (secondary N) is 1.